The highest BCUT2D eigenvalue weighted by Crippen LogP contribution is 2.28. The molecule has 4 rings (SSSR count). The maximum absolute atomic E-state index is 13.1. The average Bonchev–Trinajstić information content (AvgIpc) is 3.21. The van der Waals surface area contributed by atoms with E-state index in [0.717, 1.165) is 48.3 Å². The molecule has 4 N–H and O–H groups in total. The number of hydrogen-bond donors (Lipinski definition) is 2. The van der Waals surface area contributed by atoms with E-state index in [2.05, 4.69) is 26.8 Å². The molecule has 0 bridgehead atoms. The predicted molar refractivity (Wildman–Crippen MR) is 123 cm³/mol. The van der Waals surface area contributed by atoms with E-state index in [1.807, 2.05) is 30.3 Å². The van der Waals surface area contributed by atoms with Gasteiger partial charge in [-0.05, 0) is 36.9 Å². The number of anilines is 2. The Bertz CT molecular complexity index is 1070. The summed E-state index contributed by atoms with van der Waals surface area (Å²) in [5.74, 6) is 0.632. The summed E-state index contributed by atoms with van der Waals surface area (Å²) >= 11 is 0. The zero-order chi connectivity index (χ0) is 21.8. The number of rotatable bonds is 7. The number of pyridine rings is 1. The number of hydrogen-bond acceptors (Lipinski definition) is 7. The average molecular weight is 417 g/mol. The molecule has 3 heterocycles. The van der Waals surface area contributed by atoms with E-state index in [4.69, 9.17) is 11.5 Å². The summed E-state index contributed by atoms with van der Waals surface area (Å²) in [5.41, 5.74) is 16.5. The van der Waals surface area contributed by atoms with Crippen molar-refractivity contribution < 1.29 is 4.79 Å². The van der Waals surface area contributed by atoms with Crippen LogP contribution in [0.2, 0.25) is 0 Å². The first-order chi connectivity index (χ1) is 15.0. The minimum Gasteiger partial charge on any atom is -0.382 e. The lowest BCUT2D eigenvalue weighted by molar-refractivity contribution is 0.0989. The fraction of sp³-hybridized carbons (Fsp3) is 0.333. The van der Waals surface area contributed by atoms with Gasteiger partial charge in [0.15, 0.2) is 11.6 Å². The minimum atomic E-state index is -0.159. The third kappa shape index (κ3) is 4.72. The van der Waals surface area contributed by atoms with Crippen molar-refractivity contribution in [2.45, 2.75) is 26.2 Å². The summed E-state index contributed by atoms with van der Waals surface area (Å²) in [4.78, 5) is 28.5. The SMILES string of the molecule is CC1CCN(c2ccncc2CC(=O)c2nc(-c3ccc(CCN)cc3)cnc2N)C1. The molecule has 1 unspecified atom stereocenters. The molecule has 0 radical (unpaired) electrons. The van der Waals surface area contributed by atoms with E-state index >= 15 is 0 Å². The maximum Gasteiger partial charge on any atom is 0.189 e. The molecule has 31 heavy (non-hydrogen) atoms. The van der Waals surface area contributed by atoms with Crippen molar-refractivity contribution in [2.24, 2.45) is 11.7 Å². The standard InChI is InChI=1S/C24H28N6O/c1-16-8-11-30(15-16)21-7-10-27-13-19(21)12-22(31)23-24(26)28-14-20(29-23)18-4-2-17(3-5-18)6-9-25/h2-5,7,10,13-14,16H,6,8-9,11-12,15,25H2,1H3,(H2,26,28). The molecule has 2 aromatic heterocycles. The van der Waals surface area contributed by atoms with Crippen molar-refractivity contribution in [1.29, 1.82) is 0 Å². The fourth-order valence-corrected chi connectivity index (χ4v) is 4.03. The summed E-state index contributed by atoms with van der Waals surface area (Å²) in [6.45, 7) is 4.83. The summed E-state index contributed by atoms with van der Waals surface area (Å²) in [6.07, 6.45) is 7.30. The number of Topliss-reactive ketones (excluding diaryl/α,β-unsaturated/α-hetero) is 1. The molecule has 160 valence electrons. The van der Waals surface area contributed by atoms with Crippen molar-refractivity contribution in [1.82, 2.24) is 15.0 Å². The second-order valence-corrected chi connectivity index (χ2v) is 8.17. The topological polar surface area (TPSA) is 111 Å². The smallest absolute Gasteiger partial charge is 0.189 e. The number of nitrogens with zero attached hydrogens (tertiary/aromatic N) is 4. The first-order valence-electron chi connectivity index (χ1n) is 10.7. The molecule has 7 heteroatoms. The van der Waals surface area contributed by atoms with Crippen molar-refractivity contribution in [3.8, 4) is 11.3 Å². The monoisotopic (exact) mass is 416 g/mol. The van der Waals surface area contributed by atoms with Crippen molar-refractivity contribution in [2.75, 3.05) is 30.3 Å². The number of ketones is 1. The Morgan fingerprint density at radius 1 is 1.19 bits per heavy atom. The molecular formula is C24H28N6O. The van der Waals surface area contributed by atoms with Crippen LogP contribution in [0, 0.1) is 5.92 Å². The van der Waals surface area contributed by atoms with Crippen LogP contribution >= 0.6 is 0 Å². The number of nitrogen functional groups attached to an aromatic ring is 1. The molecule has 3 aromatic rings. The molecule has 7 nitrogen and oxygen atoms in total. The van der Waals surface area contributed by atoms with E-state index in [0.29, 0.717) is 18.2 Å². The minimum absolute atomic E-state index is 0.147. The van der Waals surface area contributed by atoms with E-state index in [1.54, 1.807) is 18.6 Å². The Morgan fingerprint density at radius 2 is 2.00 bits per heavy atom. The second kappa shape index (κ2) is 9.22. The number of carbonyl (C=O) groups excluding carboxylic acids is 1. The van der Waals surface area contributed by atoms with E-state index in [9.17, 15) is 4.79 Å². The quantitative estimate of drug-likeness (QED) is 0.570. The zero-order valence-electron chi connectivity index (χ0n) is 17.8. The highest BCUT2D eigenvalue weighted by Gasteiger charge is 2.23. The Kier molecular flexibility index (Phi) is 6.23. The van der Waals surface area contributed by atoms with Gasteiger partial charge in [-0.3, -0.25) is 9.78 Å². The van der Waals surface area contributed by atoms with Crippen LogP contribution in [0.1, 0.15) is 35.0 Å². The molecule has 1 saturated heterocycles. The molecule has 0 aliphatic carbocycles. The van der Waals surface area contributed by atoms with Crippen LogP contribution in [0.5, 0.6) is 0 Å². The van der Waals surface area contributed by atoms with Crippen LogP contribution in [0.25, 0.3) is 11.3 Å². The number of carbonyl (C=O) groups is 1. The third-order valence-electron chi connectivity index (χ3n) is 5.74. The van der Waals surface area contributed by atoms with Crippen molar-refractivity contribution >= 4 is 17.3 Å². The van der Waals surface area contributed by atoms with Crippen molar-refractivity contribution in [3.05, 3.63) is 65.7 Å². The van der Waals surface area contributed by atoms with Gasteiger partial charge in [-0.1, -0.05) is 31.2 Å². The third-order valence-corrected chi connectivity index (χ3v) is 5.74. The van der Waals surface area contributed by atoms with Gasteiger partial charge in [-0.25, -0.2) is 9.97 Å². The maximum atomic E-state index is 13.1. The van der Waals surface area contributed by atoms with Gasteiger partial charge in [0, 0.05) is 48.7 Å². The Morgan fingerprint density at radius 3 is 2.71 bits per heavy atom. The van der Waals surface area contributed by atoms with E-state index in [-0.39, 0.29) is 23.7 Å². The first kappa shape index (κ1) is 20.9. The number of aromatic nitrogens is 3. The molecule has 1 aliphatic heterocycles. The molecule has 1 aromatic carbocycles. The van der Waals surface area contributed by atoms with Crippen LogP contribution in [0.15, 0.2) is 48.9 Å². The summed E-state index contributed by atoms with van der Waals surface area (Å²) < 4.78 is 0. The molecule has 1 atom stereocenters. The van der Waals surface area contributed by atoms with Gasteiger partial charge in [0.2, 0.25) is 0 Å². The van der Waals surface area contributed by atoms with Gasteiger partial charge in [-0.15, -0.1) is 0 Å². The van der Waals surface area contributed by atoms with E-state index in [1.165, 1.54) is 0 Å². The van der Waals surface area contributed by atoms with Crippen LogP contribution in [-0.4, -0.2) is 40.4 Å². The number of nitrogens with two attached hydrogens (primary N) is 2. The lowest BCUT2D eigenvalue weighted by Crippen LogP contribution is -2.22. The van der Waals surface area contributed by atoms with Crippen LogP contribution in [0.3, 0.4) is 0 Å². The van der Waals surface area contributed by atoms with Gasteiger partial charge in [-0.2, -0.15) is 0 Å². The highest BCUT2D eigenvalue weighted by molar-refractivity contribution is 6.00. The van der Waals surface area contributed by atoms with Crippen molar-refractivity contribution in [3.63, 3.8) is 0 Å². The Balaban J connectivity index is 1.58. The Hall–Kier alpha value is -3.32. The first-order valence-corrected chi connectivity index (χ1v) is 10.7. The van der Waals surface area contributed by atoms with Crippen LogP contribution in [-0.2, 0) is 12.8 Å². The number of benzene rings is 1. The van der Waals surface area contributed by atoms with Gasteiger partial charge < -0.3 is 16.4 Å². The lowest BCUT2D eigenvalue weighted by atomic mass is 10.0. The molecule has 1 aliphatic rings. The molecule has 0 saturated carbocycles. The molecule has 0 amide bonds. The summed E-state index contributed by atoms with van der Waals surface area (Å²) in [7, 11) is 0. The largest absolute Gasteiger partial charge is 0.382 e. The van der Waals surface area contributed by atoms with Gasteiger partial charge in [0.1, 0.15) is 5.69 Å². The fourth-order valence-electron chi connectivity index (χ4n) is 4.03. The van der Waals surface area contributed by atoms with Crippen LogP contribution in [0.4, 0.5) is 11.5 Å². The van der Waals surface area contributed by atoms with Crippen LogP contribution < -0.4 is 16.4 Å². The van der Waals surface area contributed by atoms with Gasteiger partial charge >= 0.3 is 0 Å². The molecule has 0 spiro atoms. The second-order valence-electron chi connectivity index (χ2n) is 8.17. The highest BCUT2D eigenvalue weighted by atomic mass is 16.1. The lowest BCUT2D eigenvalue weighted by Gasteiger charge is -2.21. The Labute approximate surface area is 182 Å². The van der Waals surface area contributed by atoms with Gasteiger partial charge in [0.05, 0.1) is 11.9 Å². The van der Waals surface area contributed by atoms with E-state index < -0.39 is 0 Å². The normalized spacial score (nSPS) is 15.9. The van der Waals surface area contributed by atoms with Gasteiger partial charge in [0.25, 0.3) is 0 Å². The predicted octanol–water partition coefficient (Wildman–Crippen LogP) is 2.89. The molecular weight excluding hydrogens is 388 g/mol. The summed E-state index contributed by atoms with van der Waals surface area (Å²) in [5, 5.41) is 0. The zero-order valence-corrected chi connectivity index (χ0v) is 17.8. The molecule has 1 fully saturated rings. The summed E-state index contributed by atoms with van der Waals surface area (Å²) in [6, 6.07) is 9.94.